The molecule has 4 heterocycles. The van der Waals surface area contributed by atoms with Crippen molar-refractivity contribution in [3.63, 3.8) is 0 Å². The smallest absolute Gasteiger partial charge is 0.152 e. The van der Waals surface area contributed by atoms with E-state index in [0.29, 0.717) is 0 Å². The average molecular weight is 279 g/mol. The number of rotatable bonds is 2. The van der Waals surface area contributed by atoms with E-state index in [9.17, 15) is 0 Å². The normalized spacial score (nSPS) is 22.6. The van der Waals surface area contributed by atoms with E-state index in [1.165, 1.54) is 0 Å². The topological polar surface area (TPSA) is 53.4 Å². The summed E-state index contributed by atoms with van der Waals surface area (Å²) in [5, 5.41) is 3.47. The third kappa shape index (κ3) is 1.88. The molecule has 106 valence electrons. The van der Waals surface area contributed by atoms with Crippen molar-refractivity contribution < 1.29 is 0 Å². The van der Waals surface area contributed by atoms with Gasteiger partial charge in [0, 0.05) is 30.4 Å². The minimum absolute atomic E-state index is 0.274. The molecule has 2 aliphatic rings. The maximum atomic E-state index is 4.77. The predicted molar refractivity (Wildman–Crippen MR) is 84.9 cm³/mol. The average Bonchev–Trinajstić information content (AvgIpc) is 2.87. The van der Waals surface area contributed by atoms with Crippen LogP contribution in [-0.2, 0) is 0 Å². The fourth-order valence-corrected chi connectivity index (χ4v) is 3.07. The first-order chi connectivity index (χ1) is 10.2. The van der Waals surface area contributed by atoms with Gasteiger partial charge in [-0.3, -0.25) is 9.98 Å². The molecule has 0 spiro atoms. The second-order valence-corrected chi connectivity index (χ2v) is 5.74. The Balaban J connectivity index is 1.77. The molecule has 0 radical (unpaired) electrons. The van der Waals surface area contributed by atoms with E-state index in [-0.39, 0.29) is 5.66 Å². The molecular weight excluding hydrogens is 262 g/mol. The Morgan fingerprint density at radius 3 is 3.00 bits per heavy atom. The molecule has 5 nitrogen and oxygen atoms in total. The van der Waals surface area contributed by atoms with Gasteiger partial charge in [-0.2, -0.15) is 0 Å². The largest absolute Gasteiger partial charge is 0.364 e. The van der Waals surface area contributed by atoms with Crippen LogP contribution < -0.4 is 10.2 Å². The predicted octanol–water partition coefficient (Wildman–Crippen LogP) is 2.48. The first-order valence-corrected chi connectivity index (χ1v) is 7.14. The highest BCUT2D eigenvalue weighted by molar-refractivity contribution is 5.75. The lowest BCUT2D eigenvalue weighted by molar-refractivity contribution is 0.541. The Bertz CT molecular complexity index is 709. The number of hydrogen-bond donors (Lipinski definition) is 1. The summed E-state index contributed by atoms with van der Waals surface area (Å²) < 4.78 is 0. The van der Waals surface area contributed by atoms with Crippen molar-refractivity contribution in [1.82, 2.24) is 9.97 Å². The molecular formula is C16H17N5. The first-order valence-electron chi connectivity index (χ1n) is 7.14. The third-order valence-corrected chi connectivity index (χ3v) is 4.32. The summed E-state index contributed by atoms with van der Waals surface area (Å²) >= 11 is 0. The molecule has 1 saturated heterocycles. The van der Waals surface area contributed by atoms with Crippen molar-refractivity contribution >= 4 is 18.2 Å². The number of hydrogen-bond acceptors (Lipinski definition) is 5. The van der Waals surface area contributed by atoms with Crippen LogP contribution in [0.15, 0.2) is 35.5 Å². The minimum atomic E-state index is -0.274. The van der Waals surface area contributed by atoms with Crippen LogP contribution >= 0.6 is 0 Å². The zero-order valence-corrected chi connectivity index (χ0v) is 12.0. The zero-order valence-electron chi connectivity index (χ0n) is 12.0. The molecule has 2 aromatic rings. The Morgan fingerprint density at radius 2 is 2.24 bits per heavy atom. The number of fused-ring (bicyclic) bond motifs is 4. The fourth-order valence-electron chi connectivity index (χ4n) is 3.07. The number of anilines is 2. The second-order valence-electron chi connectivity index (χ2n) is 5.74. The maximum Gasteiger partial charge on any atom is 0.152 e. The van der Waals surface area contributed by atoms with Gasteiger partial charge in [0.15, 0.2) is 5.82 Å². The van der Waals surface area contributed by atoms with E-state index in [2.05, 4.69) is 45.1 Å². The fraction of sp³-hybridized carbons (Fsp3) is 0.312. The summed E-state index contributed by atoms with van der Waals surface area (Å²) in [5.41, 5.74) is 3.84. The van der Waals surface area contributed by atoms with Crippen LogP contribution in [-0.4, -0.2) is 35.4 Å². The molecule has 2 aromatic heterocycles. The summed E-state index contributed by atoms with van der Waals surface area (Å²) in [6.07, 6.45) is 2.83. The van der Waals surface area contributed by atoms with E-state index in [4.69, 9.17) is 4.98 Å². The Kier molecular flexibility index (Phi) is 2.51. The molecule has 21 heavy (non-hydrogen) atoms. The molecule has 2 aliphatic heterocycles. The molecule has 1 atom stereocenters. The van der Waals surface area contributed by atoms with E-state index in [1.54, 1.807) is 0 Å². The van der Waals surface area contributed by atoms with Gasteiger partial charge in [0.25, 0.3) is 0 Å². The van der Waals surface area contributed by atoms with Crippen molar-refractivity contribution in [3.05, 3.63) is 36.2 Å². The van der Waals surface area contributed by atoms with Gasteiger partial charge in [-0.1, -0.05) is 0 Å². The number of nitrogens with zero attached hydrogens (tertiary/aromatic N) is 4. The number of nitrogens with one attached hydrogen (secondary N) is 1. The third-order valence-electron chi connectivity index (χ3n) is 4.32. The highest BCUT2D eigenvalue weighted by Gasteiger charge is 2.42. The lowest BCUT2D eigenvalue weighted by atomic mass is 10.1. The standard InChI is InChI=1S/C16H17N5/c1-11-3-4-12(9-18-11)13-5-6-14-15(19-13)20-16(17-2)7-8-21(14)10-16/h3-6,9H,2,7-8,10H2,1H3,(H,19,20). The SMILES string of the molecule is C=NC12CCN(C1)c1ccc(-c3ccc(C)nc3)nc1N2. The molecule has 1 fully saturated rings. The van der Waals surface area contributed by atoms with Crippen LogP contribution in [0.5, 0.6) is 0 Å². The zero-order chi connectivity index (χ0) is 14.4. The Hall–Kier alpha value is -2.43. The summed E-state index contributed by atoms with van der Waals surface area (Å²) in [7, 11) is 0. The van der Waals surface area contributed by atoms with Gasteiger partial charge in [0.2, 0.25) is 0 Å². The number of aromatic nitrogens is 2. The van der Waals surface area contributed by atoms with E-state index in [0.717, 1.165) is 48.0 Å². The molecule has 5 heteroatoms. The van der Waals surface area contributed by atoms with E-state index >= 15 is 0 Å². The second kappa shape index (κ2) is 4.28. The monoisotopic (exact) mass is 279 g/mol. The molecule has 1 unspecified atom stereocenters. The number of aliphatic imine (C=N–C) groups is 1. The van der Waals surface area contributed by atoms with Crippen molar-refractivity contribution in [2.24, 2.45) is 4.99 Å². The van der Waals surface area contributed by atoms with Crippen LogP contribution in [0.2, 0.25) is 0 Å². The van der Waals surface area contributed by atoms with Crippen LogP contribution in [0.1, 0.15) is 12.1 Å². The first kappa shape index (κ1) is 12.3. The summed E-state index contributed by atoms with van der Waals surface area (Å²) in [6, 6.07) is 8.24. The van der Waals surface area contributed by atoms with Gasteiger partial charge in [0.1, 0.15) is 5.66 Å². The molecule has 0 amide bonds. The van der Waals surface area contributed by atoms with Crippen molar-refractivity contribution in [3.8, 4) is 11.3 Å². The quantitative estimate of drug-likeness (QED) is 0.858. The van der Waals surface area contributed by atoms with Gasteiger partial charge in [0.05, 0.1) is 17.9 Å². The molecule has 0 aromatic carbocycles. The van der Waals surface area contributed by atoms with Crippen molar-refractivity contribution in [2.45, 2.75) is 19.0 Å². The highest BCUT2D eigenvalue weighted by Crippen LogP contribution is 2.40. The van der Waals surface area contributed by atoms with E-state index in [1.807, 2.05) is 19.2 Å². The summed E-state index contributed by atoms with van der Waals surface area (Å²) in [5.74, 6) is 0.893. The van der Waals surface area contributed by atoms with Gasteiger partial charge in [-0.05, 0) is 37.9 Å². The van der Waals surface area contributed by atoms with Gasteiger partial charge in [-0.25, -0.2) is 4.98 Å². The van der Waals surface area contributed by atoms with Crippen LogP contribution in [0.3, 0.4) is 0 Å². The molecule has 0 aliphatic carbocycles. The Morgan fingerprint density at radius 1 is 1.33 bits per heavy atom. The van der Waals surface area contributed by atoms with E-state index < -0.39 is 0 Å². The highest BCUT2D eigenvalue weighted by atomic mass is 15.3. The lowest BCUT2D eigenvalue weighted by Gasteiger charge is -2.34. The molecule has 0 saturated carbocycles. The number of pyridine rings is 2. The summed E-state index contributed by atoms with van der Waals surface area (Å²) in [6.45, 7) is 7.59. The lowest BCUT2D eigenvalue weighted by Crippen LogP contribution is -2.43. The van der Waals surface area contributed by atoms with Crippen LogP contribution in [0.25, 0.3) is 11.3 Å². The number of aryl methyl sites for hydroxylation is 1. The van der Waals surface area contributed by atoms with Crippen LogP contribution in [0.4, 0.5) is 11.5 Å². The van der Waals surface area contributed by atoms with Gasteiger partial charge < -0.3 is 10.2 Å². The molecule has 4 rings (SSSR count). The molecule has 2 bridgehead atoms. The van der Waals surface area contributed by atoms with Gasteiger partial charge >= 0.3 is 0 Å². The van der Waals surface area contributed by atoms with Crippen LogP contribution in [0, 0.1) is 6.92 Å². The van der Waals surface area contributed by atoms with Gasteiger partial charge in [-0.15, -0.1) is 0 Å². The van der Waals surface area contributed by atoms with Crippen molar-refractivity contribution in [2.75, 3.05) is 23.3 Å². The maximum absolute atomic E-state index is 4.77. The molecule has 1 N–H and O–H groups in total. The minimum Gasteiger partial charge on any atom is -0.364 e. The van der Waals surface area contributed by atoms with Crippen molar-refractivity contribution in [1.29, 1.82) is 0 Å². The Labute approximate surface area is 123 Å². The summed E-state index contributed by atoms with van der Waals surface area (Å²) in [4.78, 5) is 15.7.